The molecule has 0 amide bonds. The van der Waals surface area contributed by atoms with Gasteiger partial charge in [0.25, 0.3) is 5.56 Å². The van der Waals surface area contributed by atoms with Crippen molar-refractivity contribution in [3.05, 3.63) is 46.5 Å². The van der Waals surface area contributed by atoms with Crippen LogP contribution in [-0.4, -0.2) is 32.4 Å². The molecule has 0 radical (unpaired) electrons. The van der Waals surface area contributed by atoms with Gasteiger partial charge in [-0.05, 0) is 17.7 Å². The third kappa shape index (κ3) is 3.92. The number of fused-ring (bicyclic) bond motifs is 1. The van der Waals surface area contributed by atoms with Crippen LogP contribution in [0.5, 0.6) is 0 Å². The summed E-state index contributed by atoms with van der Waals surface area (Å²) in [5, 5.41) is 16.0. The number of aromatic nitrogens is 3. The van der Waals surface area contributed by atoms with Crippen LogP contribution >= 0.6 is 11.3 Å². The number of thiophene rings is 1. The summed E-state index contributed by atoms with van der Waals surface area (Å²) < 4.78 is 32.6. The average Bonchev–Trinajstić information content (AvgIpc) is 2.93. The Labute approximate surface area is 130 Å². The van der Waals surface area contributed by atoms with Crippen molar-refractivity contribution in [1.29, 1.82) is 0 Å². The Kier molecular flexibility index (Phi) is 4.74. The second kappa shape index (κ2) is 6.57. The lowest BCUT2D eigenvalue weighted by molar-refractivity contribution is -0.192. The Morgan fingerprint density at radius 1 is 1.26 bits per heavy atom. The molecular weight excluding hydrogens is 335 g/mol. The van der Waals surface area contributed by atoms with Crippen LogP contribution in [0.3, 0.4) is 0 Å². The number of H-pyrrole nitrogens is 1. The highest BCUT2D eigenvalue weighted by atomic mass is 32.1. The van der Waals surface area contributed by atoms with Crippen molar-refractivity contribution in [3.8, 4) is 11.1 Å². The van der Waals surface area contributed by atoms with Crippen LogP contribution < -0.4 is 5.56 Å². The lowest BCUT2D eigenvalue weighted by atomic mass is 10.1. The first-order chi connectivity index (χ1) is 10.8. The molecule has 23 heavy (non-hydrogen) atoms. The minimum atomic E-state index is -5.08. The molecule has 3 aromatic heterocycles. The Bertz CT molecular complexity index is 875. The van der Waals surface area contributed by atoms with E-state index in [2.05, 4.69) is 15.2 Å². The monoisotopic (exact) mass is 343 g/mol. The molecule has 0 atom stereocenters. The van der Waals surface area contributed by atoms with Gasteiger partial charge in [0.15, 0.2) is 0 Å². The van der Waals surface area contributed by atoms with E-state index in [-0.39, 0.29) is 5.56 Å². The number of aliphatic carboxylic acids is 1. The Balaban J connectivity index is 0.000000236. The molecule has 3 aromatic rings. The number of nitrogens with one attached hydrogen (secondary N) is 1. The first-order valence-electron chi connectivity index (χ1n) is 5.96. The molecule has 0 aliphatic rings. The van der Waals surface area contributed by atoms with Crippen LogP contribution in [0.15, 0.2) is 40.9 Å². The summed E-state index contributed by atoms with van der Waals surface area (Å²) in [6.45, 7) is 0. The molecule has 0 saturated heterocycles. The van der Waals surface area contributed by atoms with Gasteiger partial charge in [0.2, 0.25) is 0 Å². The fourth-order valence-electron chi connectivity index (χ4n) is 1.65. The van der Waals surface area contributed by atoms with Gasteiger partial charge in [-0.25, -0.2) is 9.89 Å². The van der Waals surface area contributed by atoms with Crippen molar-refractivity contribution in [2.24, 2.45) is 0 Å². The van der Waals surface area contributed by atoms with Crippen molar-refractivity contribution in [2.75, 3.05) is 0 Å². The number of carboxylic acid groups (broad SMARTS) is 1. The zero-order valence-electron chi connectivity index (χ0n) is 11.2. The average molecular weight is 343 g/mol. The van der Waals surface area contributed by atoms with E-state index in [9.17, 15) is 18.0 Å². The number of hydrogen-bond donors (Lipinski definition) is 2. The maximum Gasteiger partial charge on any atom is 0.490 e. The summed E-state index contributed by atoms with van der Waals surface area (Å²) in [4.78, 5) is 24.6. The second-order valence-electron chi connectivity index (χ2n) is 4.13. The standard InChI is InChI=1S/C11H7N3OS.C2HF3O2/c15-11-10-8(7-1-3-12-4-2-7)6-16-9(10)5-13-14-11;3-2(4,5)1(6)7/h1-6H,(H,14,15);(H,6,7). The summed E-state index contributed by atoms with van der Waals surface area (Å²) in [7, 11) is 0. The maximum atomic E-state index is 11.7. The van der Waals surface area contributed by atoms with Crippen LogP contribution in [0.2, 0.25) is 0 Å². The lowest BCUT2D eigenvalue weighted by Crippen LogP contribution is -2.21. The molecule has 0 unspecified atom stereocenters. The predicted octanol–water partition coefficient (Wildman–Crippen LogP) is 2.68. The molecule has 10 heteroatoms. The Hall–Kier alpha value is -2.75. The van der Waals surface area contributed by atoms with Gasteiger partial charge in [-0.2, -0.15) is 18.3 Å². The van der Waals surface area contributed by atoms with Crippen molar-refractivity contribution in [1.82, 2.24) is 15.2 Å². The van der Waals surface area contributed by atoms with Crippen molar-refractivity contribution in [3.63, 3.8) is 0 Å². The van der Waals surface area contributed by atoms with Gasteiger partial charge in [0.1, 0.15) is 0 Å². The number of halogens is 3. The van der Waals surface area contributed by atoms with E-state index >= 15 is 0 Å². The highest BCUT2D eigenvalue weighted by Gasteiger charge is 2.38. The van der Waals surface area contributed by atoms with Crippen LogP contribution in [0, 0.1) is 0 Å². The summed E-state index contributed by atoms with van der Waals surface area (Å²) in [6.07, 6.45) is 0.0223. The van der Waals surface area contributed by atoms with E-state index in [4.69, 9.17) is 9.90 Å². The lowest BCUT2D eigenvalue weighted by Gasteiger charge is -1.97. The number of pyridine rings is 1. The summed E-state index contributed by atoms with van der Waals surface area (Å²) >= 11 is 1.52. The summed E-state index contributed by atoms with van der Waals surface area (Å²) in [6, 6.07) is 3.78. The normalized spacial score (nSPS) is 10.9. The highest BCUT2D eigenvalue weighted by Crippen LogP contribution is 2.30. The Morgan fingerprint density at radius 3 is 2.43 bits per heavy atom. The fourth-order valence-corrected chi connectivity index (χ4v) is 2.58. The zero-order valence-corrected chi connectivity index (χ0v) is 12.0. The maximum absolute atomic E-state index is 11.7. The van der Waals surface area contributed by atoms with Gasteiger partial charge in [-0.1, -0.05) is 0 Å². The number of alkyl halides is 3. The second-order valence-corrected chi connectivity index (χ2v) is 5.04. The van der Waals surface area contributed by atoms with Crippen molar-refractivity contribution in [2.45, 2.75) is 6.18 Å². The van der Waals surface area contributed by atoms with Gasteiger partial charge in [-0.15, -0.1) is 11.3 Å². The molecule has 3 rings (SSSR count). The summed E-state index contributed by atoms with van der Waals surface area (Å²) in [5.74, 6) is -2.76. The van der Waals surface area contributed by atoms with Gasteiger partial charge >= 0.3 is 12.1 Å². The number of aromatic amines is 1. The third-order valence-corrected chi connectivity index (χ3v) is 3.55. The molecule has 0 bridgehead atoms. The van der Waals surface area contributed by atoms with E-state index in [0.29, 0.717) is 5.39 Å². The van der Waals surface area contributed by atoms with E-state index < -0.39 is 12.1 Å². The molecule has 0 spiro atoms. The smallest absolute Gasteiger partial charge is 0.475 e. The van der Waals surface area contributed by atoms with Crippen LogP contribution in [-0.2, 0) is 4.79 Å². The molecule has 0 fully saturated rings. The van der Waals surface area contributed by atoms with E-state index in [1.165, 1.54) is 11.3 Å². The number of hydrogen-bond acceptors (Lipinski definition) is 5. The highest BCUT2D eigenvalue weighted by molar-refractivity contribution is 7.17. The van der Waals surface area contributed by atoms with Crippen molar-refractivity contribution < 1.29 is 23.1 Å². The summed E-state index contributed by atoms with van der Waals surface area (Å²) in [5.41, 5.74) is 1.79. The first kappa shape index (κ1) is 16.6. The van der Waals surface area contributed by atoms with E-state index in [1.54, 1.807) is 18.6 Å². The van der Waals surface area contributed by atoms with Crippen LogP contribution in [0.1, 0.15) is 0 Å². The topological polar surface area (TPSA) is 95.9 Å². The zero-order chi connectivity index (χ0) is 17.0. The van der Waals surface area contributed by atoms with Crippen molar-refractivity contribution >= 4 is 27.4 Å². The van der Waals surface area contributed by atoms with Crippen LogP contribution in [0.4, 0.5) is 13.2 Å². The minimum Gasteiger partial charge on any atom is -0.475 e. The van der Waals surface area contributed by atoms with Gasteiger partial charge in [-0.3, -0.25) is 9.78 Å². The minimum absolute atomic E-state index is 0.148. The number of carbonyl (C=O) groups is 1. The number of carboxylic acids is 1. The van der Waals surface area contributed by atoms with Gasteiger partial charge < -0.3 is 5.11 Å². The molecule has 3 heterocycles. The molecule has 120 valence electrons. The molecule has 2 N–H and O–H groups in total. The molecule has 0 aliphatic carbocycles. The largest absolute Gasteiger partial charge is 0.490 e. The molecule has 0 aliphatic heterocycles. The van der Waals surface area contributed by atoms with E-state index in [0.717, 1.165) is 15.8 Å². The number of nitrogens with zero attached hydrogens (tertiary/aromatic N) is 2. The fraction of sp³-hybridized carbons (Fsp3) is 0.0769. The predicted molar refractivity (Wildman–Crippen MR) is 77.2 cm³/mol. The molecule has 6 nitrogen and oxygen atoms in total. The van der Waals surface area contributed by atoms with Gasteiger partial charge in [0.05, 0.1) is 16.3 Å². The number of rotatable bonds is 1. The van der Waals surface area contributed by atoms with E-state index in [1.807, 2.05) is 17.5 Å². The SMILES string of the molecule is O=C(O)C(F)(F)F.O=c1[nH]ncc2scc(-c3ccncc3)c12. The Morgan fingerprint density at radius 2 is 1.87 bits per heavy atom. The molecule has 0 aromatic carbocycles. The van der Waals surface area contributed by atoms with Gasteiger partial charge in [0, 0.05) is 23.3 Å². The third-order valence-electron chi connectivity index (χ3n) is 2.63. The van der Waals surface area contributed by atoms with Crippen LogP contribution in [0.25, 0.3) is 21.2 Å². The molecular formula is C13H8F3N3O3S. The quantitative estimate of drug-likeness (QED) is 0.708. The first-order valence-corrected chi connectivity index (χ1v) is 6.84. The molecule has 0 saturated carbocycles.